The Morgan fingerprint density at radius 3 is 1.78 bits per heavy atom. The quantitative estimate of drug-likeness (QED) is 0.202. The molecular formula is C26H20N2O4. The molecule has 32 heavy (non-hydrogen) atoms. The van der Waals surface area contributed by atoms with Gasteiger partial charge in [0.2, 0.25) is 0 Å². The van der Waals surface area contributed by atoms with Crippen LogP contribution in [0.25, 0.3) is 0 Å². The smallest absolute Gasteiger partial charge is 0.146 e. The minimum Gasteiger partial charge on any atom is -0.506 e. The summed E-state index contributed by atoms with van der Waals surface area (Å²) in [5, 5.41) is 19.3. The maximum absolute atomic E-state index is 9.67. The van der Waals surface area contributed by atoms with Gasteiger partial charge in [0.1, 0.15) is 34.5 Å². The highest BCUT2D eigenvalue weighted by molar-refractivity contribution is 5.59. The maximum Gasteiger partial charge on any atom is 0.146 e. The Labute approximate surface area is 185 Å². The van der Waals surface area contributed by atoms with E-state index in [0.717, 1.165) is 5.56 Å². The lowest BCUT2D eigenvalue weighted by Crippen LogP contribution is -1.93. The van der Waals surface area contributed by atoms with Crippen LogP contribution in [0.4, 0.5) is 11.4 Å². The average Bonchev–Trinajstić information content (AvgIpc) is 2.79. The van der Waals surface area contributed by atoms with Crippen molar-refractivity contribution in [3.8, 4) is 46.3 Å². The average molecular weight is 424 g/mol. The molecule has 4 rings (SSSR count). The SMILES string of the molecule is Nc1cc(Oc2ccc(C#Cc3ccccc3)c(Oc3ccc(O)c(N)c3)c2)ccc1O. The molecular weight excluding hydrogens is 404 g/mol. The number of nitrogens with two attached hydrogens (primary N) is 2. The second-order valence-corrected chi connectivity index (χ2v) is 6.92. The van der Waals surface area contributed by atoms with Gasteiger partial charge in [-0.25, -0.2) is 0 Å². The molecule has 0 fully saturated rings. The zero-order valence-corrected chi connectivity index (χ0v) is 16.9. The van der Waals surface area contributed by atoms with Gasteiger partial charge >= 0.3 is 0 Å². The van der Waals surface area contributed by atoms with E-state index in [0.29, 0.717) is 28.6 Å². The molecule has 6 heteroatoms. The van der Waals surface area contributed by atoms with E-state index in [1.807, 2.05) is 30.3 Å². The van der Waals surface area contributed by atoms with Crippen molar-refractivity contribution in [1.82, 2.24) is 0 Å². The molecule has 4 aromatic rings. The fraction of sp³-hybridized carbons (Fsp3) is 0. The molecule has 6 N–H and O–H groups in total. The highest BCUT2D eigenvalue weighted by Gasteiger charge is 2.09. The van der Waals surface area contributed by atoms with E-state index in [1.54, 1.807) is 30.3 Å². The summed E-state index contributed by atoms with van der Waals surface area (Å²) in [4.78, 5) is 0. The molecule has 0 aromatic heterocycles. The Morgan fingerprint density at radius 1 is 0.594 bits per heavy atom. The van der Waals surface area contributed by atoms with Crippen molar-refractivity contribution in [2.24, 2.45) is 0 Å². The fourth-order valence-electron chi connectivity index (χ4n) is 2.87. The van der Waals surface area contributed by atoms with Crippen LogP contribution in [0.2, 0.25) is 0 Å². The molecule has 0 saturated heterocycles. The topological polar surface area (TPSA) is 111 Å². The van der Waals surface area contributed by atoms with Gasteiger partial charge in [-0.2, -0.15) is 0 Å². The van der Waals surface area contributed by atoms with Gasteiger partial charge in [0.25, 0.3) is 0 Å². The highest BCUT2D eigenvalue weighted by atomic mass is 16.5. The van der Waals surface area contributed by atoms with Gasteiger partial charge in [-0.05, 0) is 48.5 Å². The third-order valence-electron chi connectivity index (χ3n) is 4.53. The highest BCUT2D eigenvalue weighted by Crippen LogP contribution is 2.35. The summed E-state index contributed by atoms with van der Waals surface area (Å²) in [5.74, 6) is 8.02. The molecule has 0 amide bonds. The van der Waals surface area contributed by atoms with E-state index in [4.69, 9.17) is 20.9 Å². The van der Waals surface area contributed by atoms with E-state index < -0.39 is 0 Å². The normalized spacial score (nSPS) is 10.1. The standard InChI is InChI=1S/C26H20N2O4/c27-22-14-19(10-12-24(22)29)31-21-9-8-18(7-6-17-4-2-1-3-5-17)26(16-21)32-20-11-13-25(30)23(28)15-20/h1-5,8-16,29-30H,27-28H2. The lowest BCUT2D eigenvalue weighted by atomic mass is 10.1. The first-order chi connectivity index (χ1) is 15.5. The van der Waals surface area contributed by atoms with Crippen LogP contribution < -0.4 is 20.9 Å². The Bertz CT molecular complexity index is 1320. The third-order valence-corrected chi connectivity index (χ3v) is 4.53. The predicted octanol–water partition coefficient (Wildman–Crippen LogP) is 5.25. The summed E-state index contributed by atoms with van der Waals surface area (Å²) < 4.78 is 11.9. The Morgan fingerprint density at radius 2 is 1.16 bits per heavy atom. The Hall–Kier alpha value is -4.76. The number of anilines is 2. The van der Waals surface area contributed by atoms with Crippen molar-refractivity contribution in [1.29, 1.82) is 0 Å². The molecule has 0 atom stereocenters. The van der Waals surface area contributed by atoms with Crippen molar-refractivity contribution < 1.29 is 19.7 Å². The first-order valence-corrected chi connectivity index (χ1v) is 9.72. The van der Waals surface area contributed by atoms with Gasteiger partial charge in [0.05, 0.1) is 16.9 Å². The first-order valence-electron chi connectivity index (χ1n) is 9.72. The molecule has 0 aliphatic carbocycles. The van der Waals surface area contributed by atoms with E-state index in [1.165, 1.54) is 24.3 Å². The summed E-state index contributed by atoms with van der Waals surface area (Å²) in [6.45, 7) is 0. The molecule has 0 unspecified atom stereocenters. The second kappa shape index (κ2) is 8.94. The lowest BCUT2D eigenvalue weighted by molar-refractivity contribution is 0.453. The lowest BCUT2D eigenvalue weighted by Gasteiger charge is -2.12. The second-order valence-electron chi connectivity index (χ2n) is 6.92. The number of nitrogen functional groups attached to an aromatic ring is 2. The van der Waals surface area contributed by atoms with Crippen LogP contribution in [0.1, 0.15) is 11.1 Å². The summed E-state index contributed by atoms with van der Waals surface area (Å²) in [6.07, 6.45) is 0. The summed E-state index contributed by atoms with van der Waals surface area (Å²) in [5.41, 5.74) is 13.5. The predicted molar refractivity (Wildman–Crippen MR) is 124 cm³/mol. The number of ether oxygens (including phenoxy) is 2. The van der Waals surface area contributed by atoms with E-state index >= 15 is 0 Å². The summed E-state index contributed by atoms with van der Waals surface area (Å²) in [6, 6.07) is 24.0. The number of benzene rings is 4. The number of phenolic OH excluding ortho intramolecular Hbond substituents is 2. The number of hydrogen-bond acceptors (Lipinski definition) is 6. The molecule has 0 aliphatic heterocycles. The maximum atomic E-state index is 9.67. The van der Waals surface area contributed by atoms with Gasteiger partial charge in [-0.3, -0.25) is 0 Å². The van der Waals surface area contributed by atoms with E-state index in [9.17, 15) is 10.2 Å². The van der Waals surface area contributed by atoms with Crippen molar-refractivity contribution in [3.63, 3.8) is 0 Å². The summed E-state index contributed by atoms with van der Waals surface area (Å²) >= 11 is 0. The van der Waals surface area contributed by atoms with Crippen LogP contribution >= 0.6 is 0 Å². The van der Waals surface area contributed by atoms with Crippen LogP contribution in [0.15, 0.2) is 84.9 Å². The Kier molecular flexibility index (Phi) is 5.73. The van der Waals surface area contributed by atoms with Crippen LogP contribution in [0.3, 0.4) is 0 Å². The molecule has 0 saturated carbocycles. The number of hydrogen-bond donors (Lipinski definition) is 4. The van der Waals surface area contributed by atoms with Gasteiger partial charge in [-0.15, -0.1) is 0 Å². The molecule has 0 heterocycles. The van der Waals surface area contributed by atoms with E-state index in [2.05, 4.69) is 11.8 Å². The molecule has 0 spiro atoms. The van der Waals surface area contributed by atoms with Crippen molar-refractivity contribution >= 4 is 11.4 Å². The number of phenols is 2. The molecule has 4 aromatic carbocycles. The molecule has 0 radical (unpaired) electrons. The van der Waals surface area contributed by atoms with Gasteiger partial charge < -0.3 is 31.2 Å². The molecule has 158 valence electrons. The van der Waals surface area contributed by atoms with Gasteiger partial charge in [0, 0.05) is 23.8 Å². The number of aromatic hydroxyl groups is 2. The van der Waals surface area contributed by atoms with E-state index in [-0.39, 0.29) is 22.9 Å². The van der Waals surface area contributed by atoms with Gasteiger partial charge in [0.15, 0.2) is 0 Å². The third kappa shape index (κ3) is 4.86. The Balaban J connectivity index is 1.69. The van der Waals surface area contributed by atoms with Crippen molar-refractivity contribution in [2.45, 2.75) is 0 Å². The van der Waals surface area contributed by atoms with Crippen LogP contribution in [0, 0.1) is 11.8 Å². The molecule has 0 bridgehead atoms. The summed E-state index contributed by atoms with van der Waals surface area (Å²) in [7, 11) is 0. The minimum atomic E-state index is -0.0246. The largest absolute Gasteiger partial charge is 0.506 e. The van der Waals surface area contributed by atoms with Crippen LogP contribution in [0.5, 0.6) is 34.5 Å². The van der Waals surface area contributed by atoms with Gasteiger partial charge in [-0.1, -0.05) is 30.0 Å². The van der Waals surface area contributed by atoms with Crippen molar-refractivity contribution in [2.75, 3.05) is 11.5 Å². The zero-order chi connectivity index (χ0) is 22.5. The minimum absolute atomic E-state index is 0.0159. The number of rotatable bonds is 4. The van der Waals surface area contributed by atoms with Crippen LogP contribution in [-0.4, -0.2) is 10.2 Å². The molecule has 6 nitrogen and oxygen atoms in total. The zero-order valence-electron chi connectivity index (χ0n) is 16.9. The fourth-order valence-corrected chi connectivity index (χ4v) is 2.87. The van der Waals surface area contributed by atoms with Crippen LogP contribution in [-0.2, 0) is 0 Å². The monoisotopic (exact) mass is 424 g/mol. The molecule has 0 aliphatic rings. The first kappa shape index (κ1) is 20.5. The van der Waals surface area contributed by atoms with Crippen molar-refractivity contribution in [3.05, 3.63) is 96.1 Å².